The molecule has 1 saturated carbocycles. The predicted octanol–water partition coefficient (Wildman–Crippen LogP) is 5.01. The first-order valence-electron chi connectivity index (χ1n) is 15.0. The molecule has 2 aromatic rings. The van der Waals surface area contributed by atoms with Gasteiger partial charge in [-0.15, -0.1) is 0 Å². The van der Waals surface area contributed by atoms with Gasteiger partial charge in [-0.25, -0.2) is 9.18 Å². The summed E-state index contributed by atoms with van der Waals surface area (Å²) in [5.41, 5.74) is 2.03. The van der Waals surface area contributed by atoms with Crippen LogP contribution in [0.15, 0.2) is 48.5 Å². The summed E-state index contributed by atoms with van der Waals surface area (Å²) in [5.74, 6) is 0.503. The Morgan fingerprint density at radius 3 is 2.55 bits per heavy atom. The molecule has 1 amide bonds. The zero-order valence-corrected chi connectivity index (χ0v) is 23.1. The van der Waals surface area contributed by atoms with Crippen molar-refractivity contribution in [1.82, 2.24) is 14.7 Å². The first-order valence-corrected chi connectivity index (χ1v) is 15.0. The van der Waals surface area contributed by atoms with Gasteiger partial charge in [-0.1, -0.05) is 49.6 Å². The Kier molecular flexibility index (Phi) is 8.08. The van der Waals surface area contributed by atoms with Crippen molar-refractivity contribution in [3.8, 4) is 5.75 Å². The highest BCUT2D eigenvalue weighted by Gasteiger charge is 2.42. The minimum atomic E-state index is -0.738. The van der Waals surface area contributed by atoms with E-state index in [1.165, 1.54) is 12.5 Å². The molecule has 3 heterocycles. The third-order valence-electron chi connectivity index (χ3n) is 9.77. The van der Waals surface area contributed by atoms with E-state index in [0.717, 1.165) is 62.9 Å². The largest absolute Gasteiger partial charge is 0.480 e. The molecule has 0 bridgehead atoms. The standard InChI is InChI=1S/C32H40FN3O4/c33-26-9-4-8-24(18-26)28-21-35(29(31(37)38)17-22-5-3-6-22)20-25(28)19-34-14-12-27(13-15-34)36-16-11-23-7-1-2-10-30(23)40-32(36)39/h1-2,4,7-10,18,22,25,27-29H,3,5-6,11-17,19-21H2,(H,37,38)/t25-,28+,29+/m0/s1. The van der Waals surface area contributed by atoms with Gasteiger partial charge in [0, 0.05) is 51.2 Å². The Bertz CT molecular complexity index is 1210. The van der Waals surface area contributed by atoms with E-state index in [2.05, 4.69) is 9.80 Å². The Hall–Kier alpha value is -2.97. The van der Waals surface area contributed by atoms with Crippen LogP contribution >= 0.6 is 0 Å². The summed E-state index contributed by atoms with van der Waals surface area (Å²) in [6, 6.07) is 14.3. The summed E-state index contributed by atoms with van der Waals surface area (Å²) >= 11 is 0. The summed E-state index contributed by atoms with van der Waals surface area (Å²) in [6.07, 6.45) is 6.45. The molecule has 0 unspecified atom stereocenters. The highest BCUT2D eigenvalue weighted by Crippen LogP contribution is 2.38. The van der Waals surface area contributed by atoms with Gasteiger partial charge in [-0.05, 0) is 66.8 Å². The van der Waals surface area contributed by atoms with Crippen molar-refractivity contribution >= 4 is 12.1 Å². The number of hydrogen-bond donors (Lipinski definition) is 1. The zero-order valence-electron chi connectivity index (χ0n) is 23.1. The number of para-hydroxylation sites is 1. The topological polar surface area (TPSA) is 73.3 Å². The third kappa shape index (κ3) is 5.88. The molecule has 8 heteroatoms. The maximum absolute atomic E-state index is 14.2. The number of carboxylic acid groups (broad SMARTS) is 1. The maximum atomic E-state index is 14.2. The Balaban J connectivity index is 1.11. The normalized spacial score (nSPS) is 25.6. The predicted molar refractivity (Wildman–Crippen MR) is 150 cm³/mol. The summed E-state index contributed by atoms with van der Waals surface area (Å²) in [6.45, 7) is 4.61. The minimum absolute atomic E-state index is 0.0933. The zero-order chi connectivity index (χ0) is 27.6. The highest BCUT2D eigenvalue weighted by molar-refractivity contribution is 5.73. The van der Waals surface area contributed by atoms with E-state index in [0.29, 0.717) is 37.7 Å². The van der Waals surface area contributed by atoms with E-state index in [4.69, 9.17) is 4.74 Å². The summed E-state index contributed by atoms with van der Waals surface area (Å²) < 4.78 is 19.9. The molecule has 1 aliphatic carbocycles. The lowest BCUT2D eigenvalue weighted by Gasteiger charge is -2.38. The number of fused-ring (bicyclic) bond motifs is 1. The second-order valence-corrected chi connectivity index (χ2v) is 12.2. The molecule has 0 aromatic heterocycles. The van der Waals surface area contributed by atoms with Crippen LogP contribution in [-0.4, -0.2) is 83.2 Å². The minimum Gasteiger partial charge on any atom is -0.480 e. The number of ether oxygens (including phenoxy) is 1. The number of aliphatic carboxylic acids is 1. The number of benzene rings is 2. The van der Waals surface area contributed by atoms with E-state index < -0.39 is 12.0 Å². The van der Waals surface area contributed by atoms with Crippen molar-refractivity contribution in [2.45, 2.75) is 62.9 Å². The van der Waals surface area contributed by atoms with E-state index in [1.54, 1.807) is 12.1 Å². The number of likely N-dealkylation sites (tertiary alicyclic amines) is 2. The number of piperidine rings is 1. The average molecular weight is 550 g/mol. The molecule has 4 aliphatic rings. The monoisotopic (exact) mass is 549 g/mol. The second kappa shape index (κ2) is 11.9. The molecule has 3 fully saturated rings. The second-order valence-electron chi connectivity index (χ2n) is 12.2. The quantitative estimate of drug-likeness (QED) is 0.499. The molecule has 40 heavy (non-hydrogen) atoms. The molecule has 2 aromatic carbocycles. The average Bonchev–Trinajstić information content (AvgIpc) is 3.24. The fraction of sp³-hybridized carbons (Fsp3) is 0.562. The number of carbonyl (C=O) groups is 2. The molecule has 3 atom stereocenters. The van der Waals surface area contributed by atoms with E-state index in [-0.39, 0.29) is 29.8 Å². The number of carbonyl (C=O) groups excluding carboxylic acids is 1. The van der Waals surface area contributed by atoms with E-state index in [1.807, 2.05) is 35.2 Å². The molecule has 214 valence electrons. The number of halogens is 1. The van der Waals surface area contributed by atoms with Crippen molar-refractivity contribution in [2.75, 3.05) is 39.3 Å². The van der Waals surface area contributed by atoms with Gasteiger partial charge in [-0.3, -0.25) is 9.69 Å². The summed E-state index contributed by atoms with van der Waals surface area (Å²) in [5, 5.41) is 10.1. The van der Waals surface area contributed by atoms with Crippen LogP contribution in [0.25, 0.3) is 0 Å². The number of hydrogen-bond acceptors (Lipinski definition) is 5. The molecular formula is C32H40FN3O4. The molecule has 0 radical (unpaired) electrons. The molecule has 0 spiro atoms. The smallest absolute Gasteiger partial charge is 0.415 e. The van der Waals surface area contributed by atoms with Gasteiger partial charge in [0.25, 0.3) is 0 Å². The molecule has 7 nitrogen and oxygen atoms in total. The molecule has 2 saturated heterocycles. The molecule has 3 aliphatic heterocycles. The van der Waals surface area contributed by atoms with E-state index >= 15 is 0 Å². The number of nitrogens with zero attached hydrogens (tertiary/aromatic N) is 3. The lowest BCUT2D eigenvalue weighted by atomic mass is 9.80. The Morgan fingerprint density at radius 1 is 1.02 bits per heavy atom. The van der Waals surface area contributed by atoms with Gasteiger partial charge < -0.3 is 19.6 Å². The van der Waals surface area contributed by atoms with Crippen LogP contribution in [-0.2, 0) is 11.2 Å². The van der Waals surface area contributed by atoms with Crippen LogP contribution in [0, 0.1) is 17.7 Å². The van der Waals surface area contributed by atoms with Crippen LogP contribution in [0.1, 0.15) is 55.6 Å². The van der Waals surface area contributed by atoms with Crippen LogP contribution in [0.4, 0.5) is 9.18 Å². The number of carboxylic acids is 1. The maximum Gasteiger partial charge on any atom is 0.415 e. The van der Waals surface area contributed by atoms with Gasteiger partial charge >= 0.3 is 12.1 Å². The van der Waals surface area contributed by atoms with Crippen molar-refractivity contribution in [2.24, 2.45) is 11.8 Å². The van der Waals surface area contributed by atoms with Gasteiger partial charge in [0.2, 0.25) is 0 Å². The molecule has 6 rings (SSSR count). The van der Waals surface area contributed by atoms with Crippen molar-refractivity contribution in [1.29, 1.82) is 0 Å². The number of rotatable bonds is 8. The first kappa shape index (κ1) is 27.2. The Labute approximate surface area is 235 Å². The lowest BCUT2D eigenvalue weighted by Crippen LogP contribution is -2.49. The van der Waals surface area contributed by atoms with Crippen LogP contribution < -0.4 is 4.74 Å². The first-order chi connectivity index (χ1) is 19.4. The SMILES string of the molecule is O=C(O)[C@@H](CC1CCC1)N1C[C@H](CN2CCC(N3CCc4ccccc4OC3=O)CC2)[C@@H](c2cccc(F)c2)C1. The Morgan fingerprint density at radius 2 is 1.82 bits per heavy atom. The van der Waals surface area contributed by atoms with E-state index in [9.17, 15) is 19.1 Å². The summed E-state index contributed by atoms with van der Waals surface area (Å²) in [4.78, 5) is 31.7. The van der Waals surface area contributed by atoms with Crippen LogP contribution in [0.5, 0.6) is 5.75 Å². The van der Waals surface area contributed by atoms with Crippen LogP contribution in [0.2, 0.25) is 0 Å². The van der Waals surface area contributed by atoms with Crippen molar-refractivity contribution in [3.05, 3.63) is 65.5 Å². The van der Waals surface area contributed by atoms with Gasteiger partial charge in [0.1, 0.15) is 17.6 Å². The molecule has 1 N–H and O–H groups in total. The fourth-order valence-electron chi connectivity index (χ4n) is 7.28. The number of amides is 1. The lowest BCUT2D eigenvalue weighted by molar-refractivity contribution is -0.144. The van der Waals surface area contributed by atoms with Crippen molar-refractivity contribution in [3.63, 3.8) is 0 Å². The van der Waals surface area contributed by atoms with Gasteiger partial charge in [-0.2, -0.15) is 0 Å². The van der Waals surface area contributed by atoms with Gasteiger partial charge in [0.15, 0.2) is 0 Å². The highest BCUT2D eigenvalue weighted by atomic mass is 19.1. The van der Waals surface area contributed by atoms with Crippen molar-refractivity contribution < 1.29 is 23.8 Å². The summed E-state index contributed by atoms with van der Waals surface area (Å²) in [7, 11) is 0. The van der Waals surface area contributed by atoms with Crippen LogP contribution in [0.3, 0.4) is 0 Å². The fourth-order valence-corrected chi connectivity index (χ4v) is 7.28. The third-order valence-corrected chi connectivity index (χ3v) is 9.77. The molecular weight excluding hydrogens is 509 g/mol. The van der Waals surface area contributed by atoms with Gasteiger partial charge in [0.05, 0.1) is 0 Å².